The van der Waals surface area contributed by atoms with Gasteiger partial charge in [-0.1, -0.05) is 34.6 Å². The molecule has 2 rings (SSSR count). The van der Waals surface area contributed by atoms with E-state index in [2.05, 4.69) is 25.7 Å². The standard InChI is InChI=1S/C20H37N3O2/c1-16(2)19(25)23-8-6-17(7-9-23)15-21-10-12-22(13-11-21)18(24)14-20(3,4)5/h16-17H,6-15H2,1-5H3. The highest BCUT2D eigenvalue weighted by molar-refractivity contribution is 5.78. The maximum absolute atomic E-state index is 12.3. The highest BCUT2D eigenvalue weighted by Gasteiger charge is 2.28. The van der Waals surface area contributed by atoms with Crippen molar-refractivity contribution < 1.29 is 9.59 Å². The van der Waals surface area contributed by atoms with Crippen LogP contribution in [0.4, 0.5) is 0 Å². The molecule has 0 radical (unpaired) electrons. The minimum Gasteiger partial charge on any atom is -0.342 e. The highest BCUT2D eigenvalue weighted by atomic mass is 16.2. The maximum atomic E-state index is 12.3. The Morgan fingerprint density at radius 2 is 1.48 bits per heavy atom. The van der Waals surface area contributed by atoms with E-state index >= 15 is 0 Å². The lowest BCUT2D eigenvalue weighted by atomic mass is 9.91. The van der Waals surface area contributed by atoms with Crippen molar-refractivity contribution in [2.45, 2.75) is 53.9 Å². The number of hydrogen-bond acceptors (Lipinski definition) is 3. The zero-order valence-electron chi connectivity index (χ0n) is 16.9. The molecule has 144 valence electrons. The molecule has 2 fully saturated rings. The molecule has 2 amide bonds. The van der Waals surface area contributed by atoms with Crippen LogP contribution in [-0.2, 0) is 9.59 Å². The van der Waals surface area contributed by atoms with E-state index in [4.69, 9.17) is 0 Å². The highest BCUT2D eigenvalue weighted by Crippen LogP contribution is 2.22. The van der Waals surface area contributed by atoms with Gasteiger partial charge in [0.25, 0.3) is 0 Å². The first-order valence-corrected chi connectivity index (χ1v) is 9.94. The second-order valence-electron chi connectivity index (χ2n) is 9.34. The van der Waals surface area contributed by atoms with Crippen LogP contribution >= 0.6 is 0 Å². The number of likely N-dealkylation sites (tertiary alicyclic amines) is 1. The summed E-state index contributed by atoms with van der Waals surface area (Å²) < 4.78 is 0. The van der Waals surface area contributed by atoms with E-state index < -0.39 is 0 Å². The van der Waals surface area contributed by atoms with E-state index in [1.54, 1.807) is 0 Å². The van der Waals surface area contributed by atoms with Gasteiger partial charge in [-0.25, -0.2) is 0 Å². The number of nitrogens with zero attached hydrogens (tertiary/aromatic N) is 3. The summed E-state index contributed by atoms with van der Waals surface area (Å²) in [6.45, 7) is 17.0. The molecule has 2 aliphatic heterocycles. The van der Waals surface area contributed by atoms with Crippen molar-refractivity contribution in [2.24, 2.45) is 17.3 Å². The van der Waals surface area contributed by atoms with Crippen LogP contribution in [0.1, 0.15) is 53.9 Å². The fourth-order valence-corrected chi connectivity index (χ4v) is 3.81. The quantitative estimate of drug-likeness (QED) is 0.781. The molecule has 5 nitrogen and oxygen atoms in total. The number of hydrogen-bond donors (Lipinski definition) is 0. The molecule has 0 saturated carbocycles. The van der Waals surface area contributed by atoms with Crippen molar-refractivity contribution in [1.29, 1.82) is 0 Å². The Kier molecular flexibility index (Phi) is 6.89. The third-order valence-corrected chi connectivity index (χ3v) is 5.34. The SMILES string of the molecule is CC(C)C(=O)N1CCC(CN2CCN(C(=O)CC(C)(C)C)CC2)CC1. The third-order valence-electron chi connectivity index (χ3n) is 5.34. The predicted molar refractivity (Wildman–Crippen MR) is 101 cm³/mol. The monoisotopic (exact) mass is 351 g/mol. The van der Waals surface area contributed by atoms with E-state index in [0.29, 0.717) is 24.2 Å². The minimum absolute atomic E-state index is 0.0651. The zero-order valence-corrected chi connectivity index (χ0v) is 16.9. The summed E-state index contributed by atoms with van der Waals surface area (Å²) in [5.74, 6) is 1.39. The number of amides is 2. The van der Waals surface area contributed by atoms with Crippen molar-refractivity contribution in [2.75, 3.05) is 45.8 Å². The molecule has 2 heterocycles. The summed E-state index contributed by atoms with van der Waals surface area (Å²) in [7, 11) is 0. The molecule has 25 heavy (non-hydrogen) atoms. The molecule has 0 spiro atoms. The second kappa shape index (κ2) is 8.52. The normalized spacial score (nSPS) is 21.0. The number of piperazine rings is 1. The van der Waals surface area contributed by atoms with Crippen LogP contribution in [0.3, 0.4) is 0 Å². The van der Waals surface area contributed by atoms with E-state index in [1.165, 1.54) is 0 Å². The van der Waals surface area contributed by atoms with Gasteiger partial charge in [-0.3, -0.25) is 14.5 Å². The summed E-state index contributed by atoms with van der Waals surface area (Å²) >= 11 is 0. The molecule has 5 heteroatoms. The summed E-state index contributed by atoms with van der Waals surface area (Å²) in [6.07, 6.45) is 2.86. The van der Waals surface area contributed by atoms with Gasteiger partial charge in [0.15, 0.2) is 0 Å². The Bertz CT molecular complexity index is 454. The van der Waals surface area contributed by atoms with Gasteiger partial charge in [0.2, 0.25) is 11.8 Å². The summed E-state index contributed by atoms with van der Waals surface area (Å²) in [5, 5.41) is 0. The Morgan fingerprint density at radius 1 is 0.920 bits per heavy atom. The van der Waals surface area contributed by atoms with Crippen LogP contribution < -0.4 is 0 Å². The second-order valence-corrected chi connectivity index (χ2v) is 9.34. The number of carbonyl (C=O) groups excluding carboxylic acids is 2. The lowest BCUT2D eigenvalue weighted by Gasteiger charge is -2.39. The molecule has 0 atom stereocenters. The summed E-state index contributed by atoms with van der Waals surface area (Å²) in [6, 6.07) is 0. The summed E-state index contributed by atoms with van der Waals surface area (Å²) in [5.41, 5.74) is 0.0651. The first-order chi connectivity index (χ1) is 11.7. The average Bonchev–Trinajstić information content (AvgIpc) is 2.54. The smallest absolute Gasteiger partial charge is 0.225 e. The van der Waals surface area contributed by atoms with Crippen LogP contribution in [0.5, 0.6) is 0 Å². The molecule has 2 aliphatic rings. The topological polar surface area (TPSA) is 43.9 Å². The van der Waals surface area contributed by atoms with Gasteiger partial charge in [-0.15, -0.1) is 0 Å². The largest absolute Gasteiger partial charge is 0.342 e. The van der Waals surface area contributed by atoms with Crippen molar-refractivity contribution in [3.63, 3.8) is 0 Å². The van der Waals surface area contributed by atoms with Gasteiger partial charge >= 0.3 is 0 Å². The van der Waals surface area contributed by atoms with Gasteiger partial charge in [0.05, 0.1) is 0 Å². The Labute approximate surface area is 153 Å². The van der Waals surface area contributed by atoms with Crippen molar-refractivity contribution in [3.05, 3.63) is 0 Å². The van der Waals surface area contributed by atoms with Gasteiger partial charge in [0.1, 0.15) is 0 Å². The Balaban J connectivity index is 1.69. The minimum atomic E-state index is 0.0651. The first-order valence-electron chi connectivity index (χ1n) is 9.94. The summed E-state index contributed by atoms with van der Waals surface area (Å²) in [4.78, 5) is 31.0. The molecule has 2 saturated heterocycles. The number of rotatable bonds is 4. The maximum Gasteiger partial charge on any atom is 0.225 e. The van der Waals surface area contributed by atoms with Crippen LogP contribution in [0.15, 0.2) is 0 Å². The molecule has 0 aliphatic carbocycles. The third kappa shape index (κ3) is 6.28. The van der Waals surface area contributed by atoms with Crippen LogP contribution in [0.25, 0.3) is 0 Å². The molecule has 0 aromatic carbocycles. The zero-order chi connectivity index (χ0) is 18.6. The van der Waals surface area contributed by atoms with E-state index in [1.807, 2.05) is 23.6 Å². The average molecular weight is 352 g/mol. The Hall–Kier alpha value is -1.10. The molecule has 0 aromatic rings. The lowest BCUT2D eigenvalue weighted by molar-refractivity contribution is -0.135. The molecule has 0 aromatic heterocycles. The molecule has 0 unspecified atom stereocenters. The van der Waals surface area contributed by atoms with E-state index in [9.17, 15) is 9.59 Å². The molecular formula is C20H37N3O2. The van der Waals surface area contributed by atoms with Crippen LogP contribution in [0.2, 0.25) is 0 Å². The van der Waals surface area contributed by atoms with Gasteiger partial charge < -0.3 is 9.80 Å². The predicted octanol–water partition coefficient (Wildman–Crippen LogP) is 2.46. The number of piperidine rings is 1. The van der Waals surface area contributed by atoms with Gasteiger partial charge in [0, 0.05) is 58.2 Å². The van der Waals surface area contributed by atoms with Crippen LogP contribution in [-0.4, -0.2) is 72.3 Å². The number of carbonyl (C=O) groups is 2. The van der Waals surface area contributed by atoms with E-state index in [0.717, 1.165) is 58.7 Å². The van der Waals surface area contributed by atoms with E-state index in [-0.39, 0.29) is 11.3 Å². The Morgan fingerprint density at radius 3 is 1.96 bits per heavy atom. The molecular weight excluding hydrogens is 314 g/mol. The first kappa shape index (κ1) is 20.2. The van der Waals surface area contributed by atoms with Gasteiger partial charge in [-0.2, -0.15) is 0 Å². The van der Waals surface area contributed by atoms with Crippen molar-refractivity contribution in [3.8, 4) is 0 Å². The fraction of sp³-hybridized carbons (Fsp3) is 0.900. The van der Waals surface area contributed by atoms with Crippen molar-refractivity contribution in [1.82, 2.24) is 14.7 Å². The van der Waals surface area contributed by atoms with Gasteiger partial charge in [-0.05, 0) is 24.2 Å². The fourth-order valence-electron chi connectivity index (χ4n) is 3.81. The lowest BCUT2D eigenvalue weighted by Crippen LogP contribution is -2.51. The van der Waals surface area contributed by atoms with Crippen molar-refractivity contribution >= 4 is 11.8 Å². The van der Waals surface area contributed by atoms with Crippen LogP contribution in [0, 0.1) is 17.3 Å². The molecule has 0 N–H and O–H groups in total. The molecule has 0 bridgehead atoms.